The van der Waals surface area contributed by atoms with E-state index in [1.807, 2.05) is 36.5 Å². The second kappa shape index (κ2) is 8.46. The van der Waals surface area contributed by atoms with E-state index >= 15 is 0 Å². The van der Waals surface area contributed by atoms with Crippen LogP contribution >= 0.6 is 11.3 Å². The number of nitrogens with zero attached hydrogens (tertiary/aromatic N) is 3. The molecule has 1 N–H and O–H groups in total. The smallest absolute Gasteiger partial charge is 0.326 e. The normalized spacial score (nSPS) is 11.6. The van der Waals surface area contributed by atoms with Crippen molar-refractivity contribution in [1.29, 1.82) is 0 Å². The van der Waals surface area contributed by atoms with Gasteiger partial charge in [0.1, 0.15) is 12.1 Å². The number of ether oxygens (including phenoxy) is 1. The Kier molecular flexibility index (Phi) is 6.55. The van der Waals surface area contributed by atoms with Gasteiger partial charge in [-0.2, -0.15) is 5.10 Å². The molecule has 8 heteroatoms. The number of hydrogen-bond donors (Lipinski definition) is 1. The van der Waals surface area contributed by atoms with Crippen LogP contribution in [0, 0.1) is 0 Å². The Bertz CT molecular complexity index is 732. The Morgan fingerprint density at radius 2 is 2.00 bits per heavy atom. The second-order valence-electron chi connectivity index (χ2n) is 7.26. The number of hydrogen-bond acceptors (Lipinski definition) is 6. The molecule has 0 radical (unpaired) electrons. The van der Waals surface area contributed by atoms with Gasteiger partial charge in [-0.15, -0.1) is 11.3 Å². The van der Waals surface area contributed by atoms with Gasteiger partial charge in [0.15, 0.2) is 5.69 Å². The summed E-state index contributed by atoms with van der Waals surface area (Å²) in [5.74, 6) is -0.726. The molecule has 0 aromatic carbocycles. The quantitative estimate of drug-likeness (QED) is 0.749. The van der Waals surface area contributed by atoms with Crippen molar-refractivity contribution >= 4 is 23.2 Å². The highest BCUT2D eigenvalue weighted by Crippen LogP contribution is 2.23. The third-order valence-electron chi connectivity index (χ3n) is 3.43. The SMILES string of the molecule is CN(C)CCN(CC(=O)OC(C)(C)C)C(=O)c1cc(-c2cccs2)[nH]n1. The van der Waals surface area contributed by atoms with Crippen molar-refractivity contribution in [2.45, 2.75) is 26.4 Å². The number of amides is 1. The van der Waals surface area contributed by atoms with Gasteiger partial charge < -0.3 is 14.5 Å². The maximum absolute atomic E-state index is 12.9. The molecule has 0 bridgehead atoms. The highest BCUT2D eigenvalue weighted by atomic mass is 32.1. The minimum atomic E-state index is -0.591. The molecule has 2 rings (SSSR count). The molecule has 2 heterocycles. The van der Waals surface area contributed by atoms with E-state index in [4.69, 9.17) is 4.74 Å². The lowest BCUT2D eigenvalue weighted by atomic mass is 10.2. The van der Waals surface area contributed by atoms with E-state index in [9.17, 15) is 9.59 Å². The van der Waals surface area contributed by atoms with E-state index in [1.165, 1.54) is 4.90 Å². The Labute approximate surface area is 157 Å². The monoisotopic (exact) mass is 378 g/mol. The summed E-state index contributed by atoms with van der Waals surface area (Å²) in [5.41, 5.74) is 0.482. The van der Waals surface area contributed by atoms with Crippen LogP contribution in [0.25, 0.3) is 10.6 Å². The number of likely N-dealkylation sites (N-methyl/N-ethyl adjacent to an activating group) is 1. The molecule has 0 unspecified atom stereocenters. The lowest BCUT2D eigenvalue weighted by Gasteiger charge is -2.25. The zero-order valence-electron chi connectivity index (χ0n) is 15.9. The zero-order chi connectivity index (χ0) is 19.3. The number of esters is 1. The van der Waals surface area contributed by atoms with Crippen LogP contribution in [0.4, 0.5) is 0 Å². The maximum atomic E-state index is 12.9. The molecule has 0 aliphatic carbocycles. The second-order valence-corrected chi connectivity index (χ2v) is 8.21. The van der Waals surface area contributed by atoms with E-state index in [1.54, 1.807) is 38.2 Å². The van der Waals surface area contributed by atoms with Crippen LogP contribution in [0.5, 0.6) is 0 Å². The first-order valence-corrected chi connectivity index (χ1v) is 9.29. The largest absolute Gasteiger partial charge is 0.459 e. The number of carbonyl (C=O) groups excluding carboxylic acids is 2. The molecule has 2 aromatic heterocycles. The van der Waals surface area contributed by atoms with Crippen LogP contribution < -0.4 is 0 Å². The first-order valence-electron chi connectivity index (χ1n) is 8.41. The van der Waals surface area contributed by atoms with Crippen molar-refractivity contribution in [3.05, 3.63) is 29.3 Å². The first-order chi connectivity index (χ1) is 12.2. The Morgan fingerprint density at radius 1 is 1.27 bits per heavy atom. The summed E-state index contributed by atoms with van der Waals surface area (Å²) >= 11 is 1.56. The van der Waals surface area contributed by atoms with Gasteiger partial charge in [0.05, 0.1) is 10.6 Å². The van der Waals surface area contributed by atoms with Gasteiger partial charge in [0.25, 0.3) is 5.91 Å². The molecular formula is C18H26N4O3S. The Morgan fingerprint density at radius 3 is 2.58 bits per heavy atom. The maximum Gasteiger partial charge on any atom is 0.326 e. The van der Waals surface area contributed by atoms with Crippen LogP contribution in [0.3, 0.4) is 0 Å². The number of thiophene rings is 1. The van der Waals surface area contributed by atoms with Gasteiger partial charge in [0, 0.05) is 13.1 Å². The van der Waals surface area contributed by atoms with E-state index in [2.05, 4.69) is 10.2 Å². The summed E-state index contributed by atoms with van der Waals surface area (Å²) in [6.45, 7) is 6.35. The summed E-state index contributed by atoms with van der Waals surface area (Å²) in [6.07, 6.45) is 0. The molecule has 2 aromatic rings. The molecule has 0 saturated carbocycles. The van der Waals surface area contributed by atoms with Gasteiger partial charge in [-0.25, -0.2) is 0 Å². The van der Waals surface area contributed by atoms with Crippen LogP contribution in [-0.4, -0.2) is 71.2 Å². The van der Waals surface area contributed by atoms with Gasteiger partial charge in [0.2, 0.25) is 0 Å². The van der Waals surface area contributed by atoms with Crippen LogP contribution in [-0.2, 0) is 9.53 Å². The van der Waals surface area contributed by atoms with Gasteiger partial charge >= 0.3 is 5.97 Å². The molecule has 0 atom stereocenters. The van der Waals surface area contributed by atoms with Crippen LogP contribution in [0.15, 0.2) is 23.6 Å². The minimum Gasteiger partial charge on any atom is -0.459 e. The standard InChI is InChI=1S/C18H26N4O3S/c1-18(2,3)25-16(23)12-22(9-8-21(4)5)17(24)14-11-13(19-20-14)15-7-6-10-26-15/h6-7,10-11H,8-9,12H2,1-5H3,(H,19,20). The van der Waals surface area contributed by atoms with Gasteiger partial charge in [-0.3, -0.25) is 14.7 Å². The summed E-state index contributed by atoms with van der Waals surface area (Å²) in [6, 6.07) is 5.61. The van der Waals surface area contributed by atoms with Crippen molar-refractivity contribution in [3.8, 4) is 10.6 Å². The molecule has 1 amide bonds. The van der Waals surface area contributed by atoms with E-state index < -0.39 is 11.6 Å². The number of nitrogens with one attached hydrogen (secondary N) is 1. The molecule has 0 saturated heterocycles. The molecule has 7 nitrogen and oxygen atoms in total. The molecule has 0 aliphatic heterocycles. The van der Waals surface area contributed by atoms with Crippen LogP contribution in [0.2, 0.25) is 0 Å². The van der Waals surface area contributed by atoms with E-state index in [-0.39, 0.29) is 18.1 Å². The molecule has 0 spiro atoms. The van der Waals surface area contributed by atoms with E-state index in [0.29, 0.717) is 13.1 Å². The molecule has 0 fully saturated rings. The van der Waals surface area contributed by atoms with Crippen LogP contribution in [0.1, 0.15) is 31.3 Å². The Balaban J connectivity index is 2.13. The fraction of sp³-hybridized carbons (Fsp3) is 0.500. The molecule has 26 heavy (non-hydrogen) atoms. The van der Waals surface area contributed by atoms with E-state index in [0.717, 1.165) is 10.6 Å². The molecule has 0 aliphatic rings. The topological polar surface area (TPSA) is 78.5 Å². The predicted molar refractivity (Wildman–Crippen MR) is 102 cm³/mol. The Hall–Kier alpha value is -2.19. The number of aromatic nitrogens is 2. The highest BCUT2D eigenvalue weighted by molar-refractivity contribution is 7.13. The summed E-state index contributed by atoms with van der Waals surface area (Å²) < 4.78 is 5.35. The number of aromatic amines is 1. The number of rotatable bonds is 7. The number of carbonyl (C=O) groups is 2. The third-order valence-corrected chi connectivity index (χ3v) is 4.33. The van der Waals surface area contributed by atoms with Gasteiger partial charge in [-0.05, 0) is 52.4 Å². The fourth-order valence-corrected chi connectivity index (χ4v) is 2.95. The third kappa shape index (κ3) is 5.96. The van der Waals surface area contributed by atoms with Gasteiger partial charge in [-0.1, -0.05) is 6.07 Å². The van der Waals surface area contributed by atoms with Crippen molar-refractivity contribution in [1.82, 2.24) is 20.0 Å². The zero-order valence-corrected chi connectivity index (χ0v) is 16.7. The summed E-state index contributed by atoms with van der Waals surface area (Å²) in [4.78, 5) is 29.5. The van der Waals surface area contributed by atoms with Crippen molar-refractivity contribution in [3.63, 3.8) is 0 Å². The first kappa shape index (κ1) is 20.1. The highest BCUT2D eigenvalue weighted by Gasteiger charge is 2.24. The average molecular weight is 378 g/mol. The summed E-state index contributed by atoms with van der Waals surface area (Å²) in [5, 5.41) is 8.98. The number of H-pyrrole nitrogens is 1. The average Bonchev–Trinajstić information content (AvgIpc) is 3.18. The lowest BCUT2D eigenvalue weighted by molar-refractivity contribution is -0.155. The van der Waals surface area contributed by atoms with Crippen molar-refractivity contribution < 1.29 is 14.3 Å². The summed E-state index contributed by atoms with van der Waals surface area (Å²) in [7, 11) is 3.83. The minimum absolute atomic E-state index is 0.106. The van der Waals surface area contributed by atoms with Crippen molar-refractivity contribution in [2.24, 2.45) is 0 Å². The van der Waals surface area contributed by atoms with Crippen molar-refractivity contribution in [2.75, 3.05) is 33.7 Å². The predicted octanol–water partition coefficient (Wildman–Crippen LogP) is 2.48. The lowest BCUT2D eigenvalue weighted by Crippen LogP contribution is -2.42. The molecular weight excluding hydrogens is 352 g/mol. The molecule has 142 valence electrons. The fourth-order valence-electron chi connectivity index (χ4n) is 2.25.